The number of aromatic amines is 1. The first kappa shape index (κ1) is 19.4. The van der Waals surface area contributed by atoms with Crippen LogP contribution < -0.4 is 15.7 Å². The van der Waals surface area contributed by atoms with Crippen molar-refractivity contribution in [1.29, 1.82) is 0 Å². The van der Waals surface area contributed by atoms with E-state index < -0.39 is 5.91 Å². The van der Waals surface area contributed by atoms with Crippen molar-refractivity contribution in [3.8, 4) is 5.75 Å². The van der Waals surface area contributed by atoms with Gasteiger partial charge < -0.3 is 9.72 Å². The summed E-state index contributed by atoms with van der Waals surface area (Å²) in [4.78, 5) is 26.8. The van der Waals surface area contributed by atoms with Crippen molar-refractivity contribution in [2.24, 2.45) is 5.10 Å². The second kappa shape index (κ2) is 8.52. The fraction of sp³-hybridized carbons (Fsp3) is 0.227. The van der Waals surface area contributed by atoms with Gasteiger partial charge in [0.1, 0.15) is 5.75 Å². The highest BCUT2D eigenvalue weighted by molar-refractivity contribution is 5.88. The van der Waals surface area contributed by atoms with Gasteiger partial charge in [-0.3, -0.25) is 9.59 Å². The number of hydrogen-bond donors (Lipinski definition) is 2. The molecule has 1 heterocycles. The van der Waals surface area contributed by atoms with Crippen molar-refractivity contribution in [3.63, 3.8) is 0 Å². The molecule has 144 valence electrons. The molecular formula is C22H23N3O3. The summed E-state index contributed by atoms with van der Waals surface area (Å²) in [5.41, 5.74) is 5.34. The van der Waals surface area contributed by atoms with Gasteiger partial charge in [-0.2, -0.15) is 5.10 Å². The number of hydrogen-bond acceptors (Lipinski definition) is 4. The fourth-order valence-corrected chi connectivity index (χ4v) is 2.74. The SMILES string of the molecule is Cc1ccc(C(C)C)cc1OCC(=O)NN=Cc1cc2ccccc2[nH]c1=O. The highest BCUT2D eigenvalue weighted by Crippen LogP contribution is 2.24. The molecule has 0 saturated heterocycles. The van der Waals surface area contributed by atoms with Crippen LogP contribution in [-0.2, 0) is 4.79 Å². The van der Waals surface area contributed by atoms with Gasteiger partial charge in [-0.25, -0.2) is 5.43 Å². The molecular weight excluding hydrogens is 354 g/mol. The Hall–Kier alpha value is -3.41. The molecule has 0 aliphatic carbocycles. The van der Waals surface area contributed by atoms with Crippen LogP contribution in [0, 0.1) is 6.92 Å². The van der Waals surface area contributed by atoms with Crippen LogP contribution in [0.3, 0.4) is 0 Å². The average Bonchev–Trinajstić information content (AvgIpc) is 2.67. The summed E-state index contributed by atoms with van der Waals surface area (Å²) in [5, 5.41) is 4.75. The predicted octanol–water partition coefficient (Wildman–Crippen LogP) is 3.49. The van der Waals surface area contributed by atoms with Gasteiger partial charge in [-0.15, -0.1) is 0 Å². The largest absolute Gasteiger partial charge is 0.483 e. The summed E-state index contributed by atoms with van der Waals surface area (Å²) < 4.78 is 5.62. The molecule has 0 aliphatic rings. The molecule has 1 amide bonds. The number of pyridine rings is 1. The first-order valence-corrected chi connectivity index (χ1v) is 9.11. The quantitative estimate of drug-likeness (QED) is 0.509. The van der Waals surface area contributed by atoms with E-state index in [1.807, 2.05) is 43.3 Å². The molecule has 0 fully saturated rings. The predicted molar refractivity (Wildman–Crippen MR) is 111 cm³/mol. The molecule has 2 aromatic carbocycles. The van der Waals surface area contributed by atoms with Gasteiger partial charge >= 0.3 is 0 Å². The van der Waals surface area contributed by atoms with E-state index in [2.05, 4.69) is 35.4 Å². The lowest BCUT2D eigenvalue weighted by atomic mass is 10.0. The van der Waals surface area contributed by atoms with E-state index in [1.165, 1.54) is 6.21 Å². The summed E-state index contributed by atoms with van der Waals surface area (Å²) in [7, 11) is 0. The molecule has 0 atom stereocenters. The van der Waals surface area contributed by atoms with Crippen LogP contribution in [0.25, 0.3) is 10.9 Å². The average molecular weight is 377 g/mol. The number of ether oxygens (including phenoxy) is 1. The summed E-state index contributed by atoms with van der Waals surface area (Å²) in [5.74, 6) is 0.653. The van der Waals surface area contributed by atoms with Crippen LogP contribution in [0.2, 0.25) is 0 Å². The summed E-state index contributed by atoms with van der Waals surface area (Å²) >= 11 is 0. The highest BCUT2D eigenvalue weighted by Gasteiger charge is 2.07. The number of carbonyl (C=O) groups excluding carboxylic acids is 1. The van der Waals surface area contributed by atoms with Gasteiger partial charge in [0, 0.05) is 5.52 Å². The lowest BCUT2D eigenvalue weighted by molar-refractivity contribution is -0.123. The Balaban J connectivity index is 1.61. The monoisotopic (exact) mass is 377 g/mol. The number of aryl methyl sites for hydroxylation is 1. The van der Waals surface area contributed by atoms with Crippen LogP contribution >= 0.6 is 0 Å². The Morgan fingerprint density at radius 3 is 2.79 bits per heavy atom. The molecule has 0 aliphatic heterocycles. The lowest BCUT2D eigenvalue weighted by Gasteiger charge is -2.12. The van der Waals surface area contributed by atoms with E-state index in [0.29, 0.717) is 17.2 Å². The molecule has 0 unspecified atom stereocenters. The third-order valence-corrected chi connectivity index (χ3v) is 4.41. The molecule has 6 heteroatoms. The molecule has 0 bridgehead atoms. The standard InChI is InChI=1S/C22H23N3O3/c1-14(2)16-9-8-15(3)20(11-16)28-13-21(26)25-23-12-18-10-17-6-4-5-7-19(17)24-22(18)27/h4-12,14H,13H2,1-3H3,(H,24,27)(H,25,26). The summed E-state index contributed by atoms with van der Waals surface area (Å²) in [6, 6.07) is 15.2. The Kier molecular flexibility index (Phi) is 5.89. The number of amides is 1. The first-order chi connectivity index (χ1) is 13.4. The van der Waals surface area contributed by atoms with Crippen molar-refractivity contribution < 1.29 is 9.53 Å². The molecule has 2 N–H and O–H groups in total. The third-order valence-electron chi connectivity index (χ3n) is 4.41. The number of para-hydroxylation sites is 1. The molecule has 6 nitrogen and oxygen atoms in total. The van der Waals surface area contributed by atoms with E-state index in [9.17, 15) is 9.59 Å². The number of nitrogens with one attached hydrogen (secondary N) is 2. The lowest BCUT2D eigenvalue weighted by Crippen LogP contribution is -2.25. The minimum Gasteiger partial charge on any atom is -0.483 e. The topological polar surface area (TPSA) is 83.5 Å². The summed E-state index contributed by atoms with van der Waals surface area (Å²) in [6.45, 7) is 5.98. The maximum atomic E-state index is 12.1. The minimum absolute atomic E-state index is 0.159. The zero-order valence-electron chi connectivity index (χ0n) is 16.2. The van der Waals surface area contributed by atoms with Crippen molar-refractivity contribution in [2.45, 2.75) is 26.7 Å². The van der Waals surface area contributed by atoms with Gasteiger partial charge in [-0.05, 0) is 47.6 Å². The van der Waals surface area contributed by atoms with E-state index in [1.54, 1.807) is 6.07 Å². The molecule has 0 spiro atoms. The smallest absolute Gasteiger partial charge is 0.277 e. The molecule has 0 radical (unpaired) electrons. The van der Waals surface area contributed by atoms with E-state index >= 15 is 0 Å². The van der Waals surface area contributed by atoms with Crippen LogP contribution in [0.1, 0.15) is 36.5 Å². The molecule has 0 saturated carbocycles. The molecule has 28 heavy (non-hydrogen) atoms. The third kappa shape index (κ3) is 4.65. The van der Waals surface area contributed by atoms with Gasteiger partial charge in [0.2, 0.25) is 0 Å². The zero-order valence-corrected chi connectivity index (χ0v) is 16.2. The van der Waals surface area contributed by atoms with Crippen molar-refractivity contribution >= 4 is 23.0 Å². The number of rotatable bonds is 6. The van der Waals surface area contributed by atoms with Crippen LogP contribution in [0.5, 0.6) is 5.75 Å². The summed E-state index contributed by atoms with van der Waals surface area (Å²) in [6.07, 6.45) is 1.33. The second-order valence-corrected chi connectivity index (χ2v) is 6.90. The van der Waals surface area contributed by atoms with Gasteiger partial charge in [0.05, 0.1) is 11.8 Å². The highest BCUT2D eigenvalue weighted by atomic mass is 16.5. The minimum atomic E-state index is -0.400. The number of aromatic nitrogens is 1. The van der Waals surface area contributed by atoms with Crippen LogP contribution in [-0.4, -0.2) is 23.7 Å². The molecule has 3 aromatic rings. The Bertz CT molecular complexity index is 1080. The maximum Gasteiger partial charge on any atom is 0.277 e. The zero-order chi connectivity index (χ0) is 20.1. The van der Waals surface area contributed by atoms with Crippen LogP contribution in [0.15, 0.2) is 58.4 Å². The Morgan fingerprint density at radius 2 is 2.00 bits per heavy atom. The number of nitrogens with zero attached hydrogens (tertiary/aromatic N) is 1. The van der Waals surface area contributed by atoms with Gasteiger partial charge in [0.25, 0.3) is 11.5 Å². The normalized spacial score (nSPS) is 11.3. The second-order valence-electron chi connectivity index (χ2n) is 6.90. The number of fused-ring (bicyclic) bond motifs is 1. The molecule has 1 aromatic heterocycles. The van der Waals surface area contributed by atoms with Gasteiger partial charge in [-0.1, -0.05) is 44.2 Å². The van der Waals surface area contributed by atoms with Crippen LogP contribution in [0.4, 0.5) is 0 Å². The number of H-pyrrole nitrogens is 1. The van der Waals surface area contributed by atoms with Crippen molar-refractivity contribution in [3.05, 3.63) is 75.6 Å². The van der Waals surface area contributed by atoms with Crippen molar-refractivity contribution in [2.75, 3.05) is 6.61 Å². The van der Waals surface area contributed by atoms with Gasteiger partial charge in [0.15, 0.2) is 6.61 Å². The number of benzene rings is 2. The Labute approximate surface area is 163 Å². The van der Waals surface area contributed by atoms with E-state index in [0.717, 1.165) is 22.0 Å². The first-order valence-electron chi connectivity index (χ1n) is 9.11. The van der Waals surface area contributed by atoms with E-state index in [4.69, 9.17) is 4.74 Å². The molecule has 3 rings (SSSR count). The van der Waals surface area contributed by atoms with Crippen molar-refractivity contribution in [1.82, 2.24) is 10.4 Å². The number of carbonyl (C=O) groups is 1. The fourth-order valence-electron chi connectivity index (χ4n) is 2.74. The Morgan fingerprint density at radius 1 is 1.21 bits per heavy atom. The van der Waals surface area contributed by atoms with E-state index in [-0.39, 0.29) is 12.2 Å². The maximum absolute atomic E-state index is 12.1. The number of hydrazone groups is 1.